The Hall–Kier alpha value is -1.31. The molecule has 0 saturated carbocycles. The molecule has 0 fully saturated rings. The van der Waals surface area contributed by atoms with Crippen molar-refractivity contribution in [1.29, 1.82) is 0 Å². The lowest BCUT2D eigenvalue weighted by molar-refractivity contribution is -0.274. The first-order chi connectivity index (χ1) is 8.87. The highest BCUT2D eigenvalue weighted by molar-refractivity contribution is 7.08. The lowest BCUT2D eigenvalue weighted by Crippen LogP contribution is -2.18. The largest absolute Gasteiger partial charge is 0.573 e. The van der Waals surface area contributed by atoms with E-state index in [1.54, 1.807) is 16.8 Å². The van der Waals surface area contributed by atoms with Gasteiger partial charge in [-0.1, -0.05) is 0 Å². The maximum Gasteiger partial charge on any atom is 0.573 e. The number of hydrogen-bond acceptors (Lipinski definition) is 3. The highest BCUT2D eigenvalue weighted by Crippen LogP contribution is 2.29. The van der Waals surface area contributed by atoms with E-state index in [1.807, 2.05) is 0 Å². The van der Waals surface area contributed by atoms with E-state index in [0.717, 1.165) is 18.2 Å². The SMILES string of the molecule is Cl.N[C@H](c1ccsc1)c1cc(OC(F)(F)F)ccc1F. The minimum atomic E-state index is -4.82. The second-order valence-corrected chi connectivity index (χ2v) is 4.55. The smallest absolute Gasteiger partial charge is 0.406 e. The monoisotopic (exact) mass is 327 g/mol. The van der Waals surface area contributed by atoms with Crippen LogP contribution in [0.15, 0.2) is 35.0 Å². The molecule has 1 heterocycles. The van der Waals surface area contributed by atoms with Gasteiger partial charge in [-0.15, -0.1) is 25.6 Å². The summed E-state index contributed by atoms with van der Waals surface area (Å²) in [6.45, 7) is 0. The normalized spacial score (nSPS) is 12.7. The van der Waals surface area contributed by atoms with Crippen LogP contribution in [0.5, 0.6) is 5.75 Å². The summed E-state index contributed by atoms with van der Waals surface area (Å²) in [6, 6.07) is 3.63. The molecule has 1 aromatic heterocycles. The molecule has 0 aliphatic rings. The average Bonchev–Trinajstić information content (AvgIpc) is 2.82. The van der Waals surface area contributed by atoms with Gasteiger partial charge in [0.25, 0.3) is 0 Å². The number of hydrogen-bond donors (Lipinski definition) is 1. The van der Waals surface area contributed by atoms with Gasteiger partial charge in [-0.2, -0.15) is 11.3 Å². The van der Waals surface area contributed by atoms with Gasteiger partial charge in [0.1, 0.15) is 11.6 Å². The quantitative estimate of drug-likeness (QED) is 0.855. The molecule has 0 amide bonds. The Morgan fingerprint density at radius 3 is 2.45 bits per heavy atom. The number of halogens is 5. The molecule has 8 heteroatoms. The van der Waals surface area contributed by atoms with Gasteiger partial charge in [0, 0.05) is 5.56 Å². The lowest BCUT2D eigenvalue weighted by atomic mass is 10.0. The molecular formula is C12H10ClF4NOS. The van der Waals surface area contributed by atoms with E-state index in [4.69, 9.17) is 5.73 Å². The molecule has 2 nitrogen and oxygen atoms in total. The lowest BCUT2D eigenvalue weighted by Gasteiger charge is -2.14. The van der Waals surface area contributed by atoms with Gasteiger partial charge >= 0.3 is 6.36 Å². The molecule has 0 saturated heterocycles. The summed E-state index contributed by atoms with van der Waals surface area (Å²) >= 11 is 1.37. The second kappa shape index (κ2) is 6.43. The van der Waals surface area contributed by atoms with Crippen molar-refractivity contribution in [2.45, 2.75) is 12.4 Å². The zero-order valence-electron chi connectivity index (χ0n) is 9.86. The Morgan fingerprint density at radius 2 is 1.90 bits per heavy atom. The van der Waals surface area contributed by atoms with Crippen molar-refractivity contribution < 1.29 is 22.3 Å². The van der Waals surface area contributed by atoms with Crippen LogP contribution >= 0.6 is 23.7 Å². The van der Waals surface area contributed by atoms with Gasteiger partial charge in [0.05, 0.1) is 6.04 Å². The topological polar surface area (TPSA) is 35.2 Å². The standard InChI is InChI=1S/C12H9F4NOS.ClH/c13-10-2-1-8(18-12(14,15)16)5-9(10)11(17)7-3-4-19-6-7;/h1-6,11H,17H2;1H/t11-;/m1./s1. The Morgan fingerprint density at radius 1 is 1.20 bits per heavy atom. The van der Waals surface area contributed by atoms with E-state index in [9.17, 15) is 17.6 Å². The van der Waals surface area contributed by atoms with Gasteiger partial charge in [0.2, 0.25) is 0 Å². The maximum absolute atomic E-state index is 13.6. The highest BCUT2D eigenvalue weighted by atomic mass is 35.5. The molecule has 0 radical (unpaired) electrons. The zero-order valence-corrected chi connectivity index (χ0v) is 11.5. The molecule has 0 unspecified atom stereocenters. The van der Waals surface area contributed by atoms with E-state index in [2.05, 4.69) is 4.74 Å². The average molecular weight is 328 g/mol. The first-order valence-corrected chi connectivity index (χ1v) is 6.14. The second-order valence-electron chi connectivity index (χ2n) is 3.77. The van der Waals surface area contributed by atoms with Crippen molar-refractivity contribution >= 4 is 23.7 Å². The van der Waals surface area contributed by atoms with Gasteiger partial charge < -0.3 is 10.5 Å². The third-order valence-corrected chi connectivity index (χ3v) is 3.14. The first kappa shape index (κ1) is 16.7. The molecule has 1 atom stereocenters. The van der Waals surface area contributed by atoms with E-state index in [0.29, 0.717) is 5.56 Å². The van der Waals surface area contributed by atoms with Gasteiger partial charge in [-0.05, 0) is 40.6 Å². The summed E-state index contributed by atoms with van der Waals surface area (Å²) in [5, 5.41) is 3.46. The van der Waals surface area contributed by atoms with Crippen LogP contribution in [0.2, 0.25) is 0 Å². The van der Waals surface area contributed by atoms with Crippen molar-refractivity contribution in [1.82, 2.24) is 0 Å². The Kier molecular flexibility index (Phi) is 5.38. The summed E-state index contributed by atoms with van der Waals surface area (Å²) in [4.78, 5) is 0. The van der Waals surface area contributed by atoms with Gasteiger partial charge in [-0.3, -0.25) is 0 Å². The molecule has 2 aromatic rings. The summed E-state index contributed by atoms with van der Waals surface area (Å²) < 4.78 is 53.7. The zero-order chi connectivity index (χ0) is 14.0. The summed E-state index contributed by atoms with van der Waals surface area (Å²) in [7, 11) is 0. The van der Waals surface area contributed by atoms with Crippen LogP contribution in [0.1, 0.15) is 17.2 Å². The summed E-state index contributed by atoms with van der Waals surface area (Å²) in [6.07, 6.45) is -4.82. The molecule has 0 bridgehead atoms. The van der Waals surface area contributed by atoms with Crippen molar-refractivity contribution in [3.8, 4) is 5.75 Å². The summed E-state index contributed by atoms with van der Waals surface area (Å²) in [5.74, 6) is -1.16. The third kappa shape index (κ3) is 4.09. The van der Waals surface area contributed by atoms with E-state index in [-0.39, 0.29) is 18.0 Å². The fourth-order valence-electron chi connectivity index (χ4n) is 1.59. The van der Waals surface area contributed by atoms with E-state index >= 15 is 0 Å². The maximum atomic E-state index is 13.6. The van der Waals surface area contributed by atoms with Crippen LogP contribution in [-0.4, -0.2) is 6.36 Å². The predicted molar refractivity (Wildman–Crippen MR) is 70.7 cm³/mol. The Bertz CT molecular complexity index is 559. The number of alkyl halides is 3. The van der Waals surface area contributed by atoms with Crippen LogP contribution in [0.4, 0.5) is 17.6 Å². The minimum Gasteiger partial charge on any atom is -0.406 e. The fourth-order valence-corrected chi connectivity index (χ4v) is 2.29. The molecule has 110 valence electrons. The van der Waals surface area contributed by atoms with Gasteiger partial charge in [-0.25, -0.2) is 4.39 Å². The van der Waals surface area contributed by atoms with Gasteiger partial charge in [0.15, 0.2) is 0 Å². The minimum absolute atomic E-state index is 0. The van der Waals surface area contributed by atoms with Crippen molar-refractivity contribution in [2.75, 3.05) is 0 Å². The van der Waals surface area contributed by atoms with Crippen molar-refractivity contribution in [3.63, 3.8) is 0 Å². The van der Waals surface area contributed by atoms with Crippen molar-refractivity contribution in [2.24, 2.45) is 5.73 Å². The fraction of sp³-hybridized carbons (Fsp3) is 0.167. The number of rotatable bonds is 3. The third-order valence-electron chi connectivity index (χ3n) is 2.44. The van der Waals surface area contributed by atoms with E-state index in [1.165, 1.54) is 11.3 Å². The highest BCUT2D eigenvalue weighted by Gasteiger charge is 2.31. The van der Waals surface area contributed by atoms with Crippen LogP contribution in [-0.2, 0) is 0 Å². The summed E-state index contributed by atoms with van der Waals surface area (Å²) in [5.41, 5.74) is 6.42. The Balaban J connectivity index is 0.00000200. The molecule has 0 aliphatic carbocycles. The molecule has 0 spiro atoms. The molecule has 20 heavy (non-hydrogen) atoms. The number of thiophene rings is 1. The van der Waals surface area contributed by atoms with Crippen LogP contribution in [0.3, 0.4) is 0 Å². The van der Waals surface area contributed by atoms with Crippen LogP contribution in [0.25, 0.3) is 0 Å². The predicted octanol–water partition coefficient (Wildman–Crippen LogP) is 4.26. The van der Waals surface area contributed by atoms with Crippen LogP contribution < -0.4 is 10.5 Å². The molecule has 1 aromatic carbocycles. The molecule has 2 N–H and O–H groups in total. The number of ether oxygens (including phenoxy) is 1. The number of benzene rings is 1. The Labute approximate surface area is 122 Å². The van der Waals surface area contributed by atoms with Crippen molar-refractivity contribution in [3.05, 3.63) is 52.0 Å². The molecular weight excluding hydrogens is 318 g/mol. The molecule has 2 rings (SSSR count). The first-order valence-electron chi connectivity index (χ1n) is 5.19. The molecule has 0 aliphatic heterocycles. The number of nitrogens with two attached hydrogens (primary N) is 1. The van der Waals surface area contributed by atoms with E-state index < -0.39 is 24.0 Å². The van der Waals surface area contributed by atoms with Crippen LogP contribution in [0, 0.1) is 5.82 Å².